The monoisotopic (exact) mass is 264 g/mol. The van der Waals surface area contributed by atoms with Crippen LogP contribution in [0, 0.1) is 6.92 Å². The van der Waals surface area contributed by atoms with Gasteiger partial charge in [0.25, 0.3) is 0 Å². The zero-order valence-corrected chi connectivity index (χ0v) is 12.3. The molecule has 19 heavy (non-hydrogen) atoms. The Morgan fingerprint density at radius 3 is 2.42 bits per heavy atom. The van der Waals surface area contributed by atoms with Crippen molar-refractivity contribution in [2.24, 2.45) is 0 Å². The summed E-state index contributed by atoms with van der Waals surface area (Å²) in [6.45, 7) is 2.85. The molecule has 0 radical (unpaired) electrons. The molecule has 0 spiro atoms. The zero-order chi connectivity index (χ0) is 14.0. The Labute approximate surface area is 115 Å². The maximum Gasteiger partial charge on any atom is 0.225 e. The van der Waals surface area contributed by atoms with E-state index in [0.717, 1.165) is 23.8 Å². The van der Waals surface area contributed by atoms with E-state index < -0.39 is 0 Å². The average molecular weight is 264 g/mol. The smallest absolute Gasteiger partial charge is 0.225 e. The molecule has 0 aliphatic heterocycles. The molecule has 1 aromatic heterocycles. The Hall–Kier alpha value is -1.20. The first-order valence-electron chi connectivity index (χ1n) is 6.80. The lowest BCUT2D eigenvalue weighted by molar-refractivity contribution is 0.0680. The second-order valence-corrected chi connectivity index (χ2v) is 5.77. The maximum absolute atomic E-state index is 9.15. The third-order valence-electron chi connectivity index (χ3n) is 4.34. The van der Waals surface area contributed by atoms with Crippen molar-refractivity contribution in [1.82, 2.24) is 14.9 Å². The summed E-state index contributed by atoms with van der Waals surface area (Å²) in [5.41, 5.74) is 1.91. The molecule has 5 heteroatoms. The first-order chi connectivity index (χ1) is 8.98. The van der Waals surface area contributed by atoms with E-state index >= 15 is 0 Å². The largest absolute Gasteiger partial charge is 0.392 e. The highest BCUT2D eigenvalue weighted by molar-refractivity contribution is 5.33. The molecule has 106 valence electrons. The molecule has 0 unspecified atom stereocenters. The highest BCUT2D eigenvalue weighted by Gasteiger charge is 2.40. The standard InChI is InChI=1S/C14H24N4O/c1-11-12(9-19)8-15-13(16-11)18(4)10-14(17(2)3)6-5-7-14/h8,19H,5-7,9-10H2,1-4H3. The molecule has 0 aromatic carbocycles. The summed E-state index contributed by atoms with van der Waals surface area (Å²) in [7, 11) is 6.33. The Morgan fingerprint density at radius 2 is 2.00 bits per heavy atom. The topological polar surface area (TPSA) is 52.5 Å². The van der Waals surface area contributed by atoms with Gasteiger partial charge in [-0.3, -0.25) is 0 Å². The second-order valence-electron chi connectivity index (χ2n) is 5.77. The van der Waals surface area contributed by atoms with Gasteiger partial charge in [-0.15, -0.1) is 0 Å². The summed E-state index contributed by atoms with van der Waals surface area (Å²) in [5.74, 6) is 0.739. The van der Waals surface area contributed by atoms with Gasteiger partial charge in [-0.1, -0.05) is 0 Å². The van der Waals surface area contributed by atoms with Crippen molar-refractivity contribution in [3.63, 3.8) is 0 Å². The summed E-state index contributed by atoms with van der Waals surface area (Å²) in [5, 5.41) is 9.15. The third kappa shape index (κ3) is 2.72. The van der Waals surface area contributed by atoms with Crippen molar-refractivity contribution in [3.8, 4) is 0 Å². The van der Waals surface area contributed by atoms with Crippen LogP contribution in [0.15, 0.2) is 6.20 Å². The summed E-state index contributed by atoms with van der Waals surface area (Å²) < 4.78 is 0. The Bertz CT molecular complexity index is 443. The van der Waals surface area contributed by atoms with E-state index in [4.69, 9.17) is 5.11 Å². The number of hydrogen-bond acceptors (Lipinski definition) is 5. The zero-order valence-electron chi connectivity index (χ0n) is 12.3. The fourth-order valence-electron chi connectivity index (χ4n) is 2.66. The highest BCUT2D eigenvalue weighted by Crippen LogP contribution is 2.37. The third-order valence-corrected chi connectivity index (χ3v) is 4.34. The van der Waals surface area contributed by atoms with Gasteiger partial charge in [-0.25, -0.2) is 9.97 Å². The van der Waals surface area contributed by atoms with Crippen molar-refractivity contribution in [2.45, 2.75) is 38.3 Å². The van der Waals surface area contributed by atoms with Gasteiger partial charge in [0.1, 0.15) is 0 Å². The number of likely N-dealkylation sites (N-methyl/N-ethyl adjacent to an activating group) is 2. The fraction of sp³-hybridized carbons (Fsp3) is 0.714. The number of nitrogens with zero attached hydrogens (tertiary/aromatic N) is 4. The number of rotatable bonds is 5. The van der Waals surface area contributed by atoms with E-state index in [9.17, 15) is 0 Å². The van der Waals surface area contributed by atoms with Crippen LogP contribution in [0.5, 0.6) is 0 Å². The van der Waals surface area contributed by atoms with Crippen molar-refractivity contribution >= 4 is 5.95 Å². The molecule has 5 nitrogen and oxygen atoms in total. The minimum atomic E-state index is -0.00252. The van der Waals surface area contributed by atoms with Gasteiger partial charge in [0.15, 0.2) is 0 Å². The van der Waals surface area contributed by atoms with Crippen LogP contribution in [0.3, 0.4) is 0 Å². The second kappa shape index (κ2) is 5.43. The van der Waals surface area contributed by atoms with Crippen molar-refractivity contribution in [2.75, 3.05) is 32.6 Å². The first-order valence-corrected chi connectivity index (χ1v) is 6.80. The molecule has 0 atom stereocenters. The SMILES string of the molecule is Cc1nc(N(C)CC2(N(C)C)CCC2)ncc1CO. The van der Waals surface area contributed by atoms with Gasteiger partial charge in [0, 0.05) is 36.6 Å². The molecule has 0 saturated heterocycles. The van der Waals surface area contributed by atoms with Gasteiger partial charge in [-0.05, 0) is 40.3 Å². The molecule has 1 N–H and O–H groups in total. The summed E-state index contributed by atoms with van der Waals surface area (Å²) >= 11 is 0. The predicted molar refractivity (Wildman–Crippen MR) is 76.2 cm³/mol. The maximum atomic E-state index is 9.15. The summed E-state index contributed by atoms with van der Waals surface area (Å²) in [4.78, 5) is 13.3. The Balaban J connectivity index is 2.11. The van der Waals surface area contributed by atoms with E-state index in [1.807, 2.05) is 14.0 Å². The number of aliphatic hydroxyl groups excluding tert-OH is 1. The van der Waals surface area contributed by atoms with Crippen LogP contribution in [-0.4, -0.2) is 53.2 Å². The number of aliphatic hydroxyl groups is 1. The molecule has 1 aromatic rings. The van der Waals surface area contributed by atoms with Gasteiger partial charge in [0.05, 0.1) is 6.61 Å². The van der Waals surface area contributed by atoms with E-state index in [-0.39, 0.29) is 12.1 Å². The molecule has 1 saturated carbocycles. The van der Waals surface area contributed by atoms with E-state index in [1.54, 1.807) is 6.20 Å². The van der Waals surface area contributed by atoms with E-state index in [0.29, 0.717) is 0 Å². The Morgan fingerprint density at radius 1 is 1.32 bits per heavy atom. The lowest BCUT2D eigenvalue weighted by Crippen LogP contribution is -2.57. The molecule has 1 heterocycles. The highest BCUT2D eigenvalue weighted by atomic mass is 16.3. The average Bonchev–Trinajstić information content (AvgIpc) is 2.32. The van der Waals surface area contributed by atoms with E-state index in [1.165, 1.54) is 19.3 Å². The molecular formula is C14H24N4O. The van der Waals surface area contributed by atoms with Gasteiger partial charge < -0.3 is 14.9 Å². The van der Waals surface area contributed by atoms with Gasteiger partial charge in [-0.2, -0.15) is 0 Å². The normalized spacial score (nSPS) is 17.4. The molecule has 2 rings (SSSR count). The molecule has 1 aliphatic rings. The number of aryl methyl sites for hydroxylation is 1. The molecule has 1 fully saturated rings. The van der Waals surface area contributed by atoms with Crippen molar-refractivity contribution in [3.05, 3.63) is 17.5 Å². The van der Waals surface area contributed by atoms with Crippen LogP contribution >= 0.6 is 0 Å². The molecule has 1 aliphatic carbocycles. The number of aromatic nitrogens is 2. The quantitative estimate of drug-likeness (QED) is 0.866. The van der Waals surface area contributed by atoms with Gasteiger partial charge in [0.2, 0.25) is 5.95 Å². The number of anilines is 1. The van der Waals surface area contributed by atoms with E-state index in [2.05, 4.69) is 33.9 Å². The van der Waals surface area contributed by atoms with Crippen LogP contribution in [0.1, 0.15) is 30.5 Å². The van der Waals surface area contributed by atoms with Crippen LogP contribution in [0.2, 0.25) is 0 Å². The minimum absolute atomic E-state index is 0.00252. The van der Waals surface area contributed by atoms with Crippen molar-refractivity contribution < 1.29 is 5.11 Å². The van der Waals surface area contributed by atoms with Gasteiger partial charge >= 0.3 is 0 Å². The summed E-state index contributed by atoms with van der Waals surface area (Å²) in [6.07, 6.45) is 5.49. The van der Waals surface area contributed by atoms with Crippen LogP contribution in [-0.2, 0) is 6.61 Å². The molecule has 0 amide bonds. The molecule has 0 bridgehead atoms. The van der Waals surface area contributed by atoms with Crippen molar-refractivity contribution in [1.29, 1.82) is 0 Å². The van der Waals surface area contributed by atoms with Crippen LogP contribution < -0.4 is 4.90 Å². The minimum Gasteiger partial charge on any atom is -0.392 e. The van der Waals surface area contributed by atoms with Crippen LogP contribution in [0.4, 0.5) is 5.95 Å². The first kappa shape index (κ1) is 14.2. The summed E-state index contributed by atoms with van der Waals surface area (Å²) in [6, 6.07) is 0. The number of hydrogen-bond donors (Lipinski definition) is 1. The Kier molecular flexibility index (Phi) is 4.06. The fourth-order valence-corrected chi connectivity index (χ4v) is 2.66. The predicted octanol–water partition coefficient (Wildman–Crippen LogP) is 1.20. The van der Waals surface area contributed by atoms with Crippen LogP contribution in [0.25, 0.3) is 0 Å². The molecular weight excluding hydrogens is 240 g/mol. The lowest BCUT2D eigenvalue weighted by Gasteiger charge is -2.49. The lowest BCUT2D eigenvalue weighted by atomic mass is 9.75.